The van der Waals surface area contributed by atoms with Crippen molar-refractivity contribution in [1.29, 1.82) is 0 Å². The number of nitrogens with two attached hydrogens (primary N) is 1. The Labute approximate surface area is 199 Å². The molecule has 0 spiro atoms. The van der Waals surface area contributed by atoms with E-state index < -0.39 is 30.8 Å². The van der Waals surface area contributed by atoms with Crippen molar-refractivity contribution in [3.8, 4) is 11.3 Å². The van der Waals surface area contributed by atoms with Gasteiger partial charge in [-0.1, -0.05) is 37.1 Å². The number of amides is 1. The minimum Gasteiger partial charge on any atom is -0.383 e. The molecule has 12 heteroatoms. The molecule has 0 radical (unpaired) electrons. The third-order valence-corrected chi connectivity index (χ3v) is 6.57. The number of alkyl halides is 3. The van der Waals surface area contributed by atoms with Gasteiger partial charge in [-0.15, -0.1) is 0 Å². The predicted molar refractivity (Wildman–Crippen MR) is 122 cm³/mol. The largest absolute Gasteiger partial charge is 0.406 e. The Morgan fingerprint density at radius 1 is 1.17 bits per heavy atom. The van der Waals surface area contributed by atoms with Gasteiger partial charge in [0.2, 0.25) is 5.91 Å². The first-order chi connectivity index (χ1) is 16.8. The number of anilines is 1. The summed E-state index contributed by atoms with van der Waals surface area (Å²) in [7, 11) is 0. The molecule has 2 fully saturated rings. The van der Waals surface area contributed by atoms with Gasteiger partial charge in [0, 0.05) is 12.1 Å². The van der Waals surface area contributed by atoms with Crippen LogP contribution in [-0.4, -0.2) is 57.1 Å². The van der Waals surface area contributed by atoms with Gasteiger partial charge in [-0.25, -0.2) is 14.6 Å². The summed E-state index contributed by atoms with van der Waals surface area (Å²) in [5.41, 5.74) is 9.22. The number of ether oxygens (including phenoxy) is 1. The third-order valence-electron chi connectivity index (χ3n) is 6.57. The average molecular weight is 490 g/mol. The second-order valence-electron chi connectivity index (χ2n) is 8.95. The SMILES string of the molecule is Nc1ncnc2c1c(-c1ccc(CNC(=O)C3COCC(C(F)(F)F)N3)cc1)nn2C1CCCC1. The lowest BCUT2D eigenvalue weighted by atomic mass is 10.1. The highest BCUT2D eigenvalue weighted by Crippen LogP contribution is 2.36. The maximum Gasteiger partial charge on any atom is 0.406 e. The molecule has 1 aliphatic heterocycles. The topological polar surface area (TPSA) is 120 Å². The van der Waals surface area contributed by atoms with Gasteiger partial charge in [0.05, 0.1) is 24.6 Å². The molecular weight excluding hydrogens is 463 g/mol. The van der Waals surface area contributed by atoms with E-state index in [0.717, 1.165) is 42.5 Å². The average Bonchev–Trinajstić information content (AvgIpc) is 3.51. The quantitative estimate of drug-likeness (QED) is 0.504. The first kappa shape index (κ1) is 23.5. The van der Waals surface area contributed by atoms with Crippen molar-refractivity contribution in [2.75, 3.05) is 18.9 Å². The number of carbonyl (C=O) groups excluding carboxylic acids is 1. The van der Waals surface area contributed by atoms with Gasteiger partial charge < -0.3 is 15.8 Å². The summed E-state index contributed by atoms with van der Waals surface area (Å²) < 4.78 is 45.7. The molecule has 2 aliphatic rings. The summed E-state index contributed by atoms with van der Waals surface area (Å²) >= 11 is 0. The van der Waals surface area contributed by atoms with Crippen LogP contribution in [0.3, 0.4) is 0 Å². The fraction of sp³-hybridized carbons (Fsp3) is 0.478. The fourth-order valence-electron chi connectivity index (χ4n) is 4.68. The Bertz CT molecular complexity index is 1210. The molecule has 9 nitrogen and oxygen atoms in total. The smallest absolute Gasteiger partial charge is 0.383 e. The molecule has 1 saturated carbocycles. The highest BCUT2D eigenvalue weighted by Gasteiger charge is 2.44. The van der Waals surface area contributed by atoms with Crippen LogP contribution < -0.4 is 16.4 Å². The number of nitrogen functional groups attached to an aromatic ring is 1. The van der Waals surface area contributed by atoms with Gasteiger partial charge in [-0.3, -0.25) is 10.1 Å². The normalized spacial score (nSPS) is 21.5. The summed E-state index contributed by atoms with van der Waals surface area (Å²) in [6.07, 6.45) is 1.37. The highest BCUT2D eigenvalue weighted by molar-refractivity contribution is 5.98. The molecule has 2 unspecified atom stereocenters. The molecule has 1 aromatic carbocycles. The van der Waals surface area contributed by atoms with E-state index in [0.29, 0.717) is 16.9 Å². The van der Waals surface area contributed by atoms with Crippen LogP contribution in [0.4, 0.5) is 19.0 Å². The zero-order chi connectivity index (χ0) is 24.6. The lowest BCUT2D eigenvalue weighted by Gasteiger charge is -2.31. The predicted octanol–water partition coefficient (Wildman–Crippen LogP) is 2.73. The van der Waals surface area contributed by atoms with Crippen LogP contribution in [0.2, 0.25) is 0 Å². The first-order valence-electron chi connectivity index (χ1n) is 11.6. The summed E-state index contributed by atoms with van der Waals surface area (Å²) in [6, 6.07) is 4.76. The summed E-state index contributed by atoms with van der Waals surface area (Å²) in [4.78, 5) is 21.0. The number of rotatable bonds is 5. The van der Waals surface area contributed by atoms with Gasteiger partial charge in [0.1, 0.15) is 29.9 Å². The number of nitrogens with one attached hydrogen (secondary N) is 2. The maximum atomic E-state index is 12.9. The minimum atomic E-state index is -4.47. The number of aromatic nitrogens is 4. The molecule has 2 aromatic heterocycles. The van der Waals surface area contributed by atoms with Gasteiger partial charge >= 0.3 is 6.18 Å². The van der Waals surface area contributed by atoms with Crippen molar-refractivity contribution < 1.29 is 22.7 Å². The van der Waals surface area contributed by atoms with Gasteiger partial charge in [0.15, 0.2) is 5.65 Å². The Morgan fingerprint density at radius 3 is 2.63 bits per heavy atom. The van der Waals surface area contributed by atoms with E-state index in [1.165, 1.54) is 6.33 Å². The number of halogens is 3. The van der Waals surface area contributed by atoms with E-state index >= 15 is 0 Å². The molecular formula is C23H26F3N7O2. The van der Waals surface area contributed by atoms with Crippen molar-refractivity contribution in [3.05, 3.63) is 36.2 Å². The number of benzene rings is 1. The molecule has 3 aromatic rings. The van der Waals surface area contributed by atoms with Crippen LogP contribution in [0.25, 0.3) is 22.3 Å². The van der Waals surface area contributed by atoms with Crippen LogP contribution in [0.5, 0.6) is 0 Å². The standard InChI is InChI=1S/C23H26F3N7O2/c24-23(25,26)17-11-35-10-16(31-17)22(34)28-9-13-5-7-14(8-6-13)19-18-20(27)29-12-30-21(18)33(32-19)15-3-1-2-4-15/h5-8,12,15-17,31H,1-4,9-11H2,(H,28,34)(H2,27,29,30). The van der Waals surface area contributed by atoms with Gasteiger partial charge in [-0.05, 0) is 18.4 Å². The maximum absolute atomic E-state index is 12.9. The monoisotopic (exact) mass is 489 g/mol. The molecule has 2 atom stereocenters. The Hall–Kier alpha value is -3.25. The lowest BCUT2D eigenvalue weighted by Crippen LogP contribution is -2.60. The van der Waals surface area contributed by atoms with E-state index in [2.05, 4.69) is 20.6 Å². The van der Waals surface area contributed by atoms with Crippen LogP contribution in [0.1, 0.15) is 37.3 Å². The van der Waals surface area contributed by atoms with Crippen molar-refractivity contribution in [3.63, 3.8) is 0 Å². The van der Waals surface area contributed by atoms with Crippen LogP contribution in [0, 0.1) is 0 Å². The summed E-state index contributed by atoms with van der Waals surface area (Å²) in [5.74, 6) is -0.181. The molecule has 3 heterocycles. The van der Waals surface area contributed by atoms with Crippen molar-refractivity contribution in [2.45, 2.75) is 56.5 Å². The molecule has 5 rings (SSSR count). The second kappa shape index (κ2) is 9.42. The summed E-state index contributed by atoms with van der Waals surface area (Å²) in [6.45, 7) is -0.455. The number of hydrogen-bond donors (Lipinski definition) is 3. The van der Waals surface area contributed by atoms with Crippen molar-refractivity contribution >= 4 is 22.8 Å². The van der Waals surface area contributed by atoms with E-state index in [-0.39, 0.29) is 19.2 Å². The number of fused-ring (bicyclic) bond motifs is 1. The number of nitrogens with zero attached hydrogens (tertiary/aromatic N) is 4. The zero-order valence-corrected chi connectivity index (χ0v) is 18.9. The van der Waals surface area contributed by atoms with Crippen LogP contribution in [-0.2, 0) is 16.1 Å². The van der Waals surface area contributed by atoms with E-state index in [4.69, 9.17) is 15.6 Å². The molecule has 186 valence electrons. The molecule has 35 heavy (non-hydrogen) atoms. The number of morpholine rings is 1. The molecule has 1 aliphatic carbocycles. The molecule has 0 bridgehead atoms. The lowest BCUT2D eigenvalue weighted by molar-refractivity contribution is -0.182. The van der Waals surface area contributed by atoms with Gasteiger partial charge in [-0.2, -0.15) is 18.3 Å². The van der Waals surface area contributed by atoms with Crippen LogP contribution in [0.15, 0.2) is 30.6 Å². The highest BCUT2D eigenvalue weighted by atomic mass is 19.4. The Morgan fingerprint density at radius 2 is 1.91 bits per heavy atom. The first-order valence-corrected chi connectivity index (χ1v) is 11.6. The van der Waals surface area contributed by atoms with E-state index in [9.17, 15) is 18.0 Å². The number of hydrogen-bond acceptors (Lipinski definition) is 7. The minimum absolute atomic E-state index is 0.114. The van der Waals surface area contributed by atoms with Crippen molar-refractivity contribution in [1.82, 2.24) is 30.4 Å². The summed E-state index contributed by atoms with van der Waals surface area (Å²) in [5, 5.41) is 10.5. The zero-order valence-electron chi connectivity index (χ0n) is 18.9. The molecule has 1 amide bonds. The second-order valence-corrected chi connectivity index (χ2v) is 8.95. The fourth-order valence-corrected chi connectivity index (χ4v) is 4.68. The molecule has 4 N–H and O–H groups in total. The van der Waals surface area contributed by atoms with Gasteiger partial charge in [0.25, 0.3) is 0 Å². The van der Waals surface area contributed by atoms with E-state index in [1.807, 2.05) is 28.9 Å². The Balaban J connectivity index is 1.29. The number of carbonyl (C=O) groups is 1. The Kier molecular flexibility index (Phi) is 6.32. The van der Waals surface area contributed by atoms with Crippen molar-refractivity contribution in [2.24, 2.45) is 0 Å². The van der Waals surface area contributed by atoms with E-state index in [1.54, 1.807) is 0 Å². The third kappa shape index (κ3) is 4.80. The van der Waals surface area contributed by atoms with Crippen LogP contribution >= 0.6 is 0 Å². The molecule has 1 saturated heterocycles.